The molecule has 0 spiro atoms. The molecule has 108 valence electrons. The van der Waals surface area contributed by atoms with E-state index in [1.165, 1.54) is 24.3 Å². The molecule has 2 aromatic carbocycles. The van der Waals surface area contributed by atoms with Crippen LogP contribution in [0.5, 0.6) is 0 Å². The topological polar surface area (TPSA) is 66.4 Å². The number of carboxylic acids is 1. The second kappa shape index (κ2) is 6.64. The maximum Gasteiger partial charge on any atom is 0.337 e. The molecule has 1 amide bonds. The lowest BCUT2D eigenvalue weighted by atomic mass is 10.1. The van der Waals surface area contributed by atoms with Crippen LogP contribution in [-0.4, -0.2) is 17.0 Å². The van der Waals surface area contributed by atoms with E-state index in [-0.39, 0.29) is 16.3 Å². The summed E-state index contributed by atoms with van der Waals surface area (Å²) < 4.78 is 0.815. The first kappa shape index (κ1) is 16.1. The van der Waals surface area contributed by atoms with Crippen molar-refractivity contribution in [3.63, 3.8) is 0 Å². The number of hydrogen-bond acceptors (Lipinski definition) is 2. The molecule has 0 saturated heterocycles. The summed E-state index contributed by atoms with van der Waals surface area (Å²) >= 11 is 14.0. The molecule has 21 heavy (non-hydrogen) atoms. The number of carbonyl (C=O) groups is 2. The highest BCUT2D eigenvalue weighted by molar-refractivity contribution is 14.1. The Morgan fingerprint density at radius 3 is 2.43 bits per heavy atom. The Hall–Kier alpha value is -1.31. The smallest absolute Gasteiger partial charge is 0.337 e. The number of hydrogen-bond donors (Lipinski definition) is 2. The average molecular weight is 436 g/mol. The van der Waals surface area contributed by atoms with Gasteiger partial charge in [0.15, 0.2) is 0 Å². The van der Waals surface area contributed by atoms with E-state index in [1.54, 1.807) is 12.1 Å². The van der Waals surface area contributed by atoms with Crippen molar-refractivity contribution in [3.05, 3.63) is 61.1 Å². The molecule has 0 fully saturated rings. The standard InChI is InChI=1S/C14H8Cl2INO3/c15-9-3-1-2-8(14(20)21)12(9)18-13(19)7-4-5-11(17)10(16)6-7/h1-6H,(H,18,19)(H,20,21). The number of aromatic carboxylic acids is 1. The molecule has 0 aliphatic heterocycles. The van der Waals surface area contributed by atoms with Crippen LogP contribution in [0.3, 0.4) is 0 Å². The number of carboxylic acid groups (broad SMARTS) is 1. The molecule has 0 saturated carbocycles. The van der Waals surface area contributed by atoms with Crippen molar-refractivity contribution in [2.45, 2.75) is 0 Å². The Balaban J connectivity index is 2.36. The fourth-order valence-corrected chi connectivity index (χ4v) is 2.39. The highest BCUT2D eigenvalue weighted by atomic mass is 127. The van der Waals surface area contributed by atoms with Crippen LogP contribution in [0.25, 0.3) is 0 Å². The van der Waals surface area contributed by atoms with E-state index in [9.17, 15) is 9.59 Å². The minimum absolute atomic E-state index is 0.0614. The molecule has 2 N–H and O–H groups in total. The van der Waals surface area contributed by atoms with E-state index < -0.39 is 11.9 Å². The zero-order valence-electron chi connectivity index (χ0n) is 10.4. The summed E-state index contributed by atoms with van der Waals surface area (Å²) in [5.41, 5.74) is 0.301. The Bertz CT molecular complexity index is 734. The van der Waals surface area contributed by atoms with E-state index in [1.807, 2.05) is 22.6 Å². The lowest BCUT2D eigenvalue weighted by Crippen LogP contribution is -2.15. The van der Waals surface area contributed by atoms with Crippen molar-refractivity contribution < 1.29 is 14.7 Å². The predicted molar refractivity (Wildman–Crippen MR) is 90.5 cm³/mol. The normalized spacial score (nSPS) is 10.2. The van der Waals surface area contributed by atoms with Gasteiger partial charge in [-0.15, -0.1) is 0 Å². The first-order chi connectivity index (χ1) is 9.90. The molecular weight excluding hydrogens is 428 g/mol. The first-order valence-electron chi connectivity index (χ1n) is 5.68. The van der Waals surface area contributed by atoms with Gasteiger partial charge >= 0.3 is 5.97 Å². The Kier molecular flexibility index (Phi) is 5.08. The number of carbonyl (C=O) groups excluding carboxylic acids is 1. The molecule has 2 aromatic rings. The predicted octanol–water partition coefficient (Wildman–Crippen LogP) is 4.55. The third-order valence-electron chi connectivity index (χ3n) is 2.66. The minimum atomic E-state index is -1.17. The molecular formula is C14H8Cl2INO3. The Morgan fingerprint density at radius 1 is 1.10 bits per heavy atom. The van der Waals surface area contributed by atoms with Gasteiger partial charge in [-0.2, -0.15) is 0 Å². The number of benzene rings is 2. The van der Waals surface area contributed by atoms with Crippen LogP contribution in [0.1, 0.15) is 20.7 Å². The largest absolute Gasteiger partial charge is 0.478 e. The van der Waals surface area contributed by atoms with Crippen LogP contribution >= 0.6 is 45.8 Å². The molecule has 0 heterocycles. The van der Waals surface area contributed by atoms with E-state index in [2.05, 4.69) is 5.32 Å². The molecule has 0 radical (unpaired) electrons. The molecule has 7 heteroatoms. The van der Waals surface area contributed by atoms with Gasteiger partial charge in [0.25, 0.3) is 5.91 Å². The third kappa shape index (κ3) is 3.66. The third-order valence-corrected chi connectivity index (χ3v) is 4.55. The fourth-order valence-electron chi connectivity index (χ4n) is 1.65. The van der Waals surface area contributed by atoms with Crippen molar-refractivity contribution in [2.24, 2.45) is 0 Å². The van der Waals surface area contributed by atoms with Crippen molar-refractivity contribution in [3.8, 4) is 0 Å². The first-order valence-corrected chi connectivity index (χ1v) is 7.52. The highest BCUT2D eigenvalue weighted by Crippen LogP contribution is 2.27. The summed E-state index contributed by atoms with van der Waals surface area (Å²) in [6.45, 7) is 0. The lowest BCUT2D eigenvalue weighted by Gasteiger charge is -2.10. The van der Waals surface area contributed by atoms with Crippen molar-refractivity contribution >= 4 is 63.4 Å². The van der Waals surface area contributed by atoms with Gasteiger partial charge in [0.05, 0.1) is 21.3 Å². The number of rotatable bonds is 3. The van der Waals surface area contributed by atoms with Gasteiger partial charge in [-0.1, -0.05) is 29.3 Å². The van der Waals surface area contributed by atoms with Gasteiger partial charge in [0.1, 0.15) is 0 Å². The molecule has 0 aromatic heterocycles. The van der Waals surface area contributed by atoms with Crippen molar-refractivity contribution in [2.75, 3.05) is 5.32 Å². The van der Waals surface area contributed by atoms with E-state index in [0.717, 1.165) is 3.57 Å². The summed E-state index contributed by atoms with van der Waals surface area (Å²) in [5.74, 6) is -1.66. The zero-order valence-corrected chi connectivity index (χ0v) is 14.0. The highest BCUT2D eigenvalue weighted by Gasteiger charge is 2.16. The second-order valence-corrected chi connectivity index (χ2v) is 6.03. The maximum absolute atomic E-state index is 12.2. The van der Waals surface area contributed by atoms with Gasteiger partial charge in [-0.05, 0) is 52.9 Å². The maximum atomic E-state index is 12.2. The number of anilines is 1. The van der Waals surface area contributed by atoms with Crippen LogP contribution in [0, 0.1) is 3.57 Å². The average Bonchev–Trinajstić information content (AvgIpc) is 2.43. The number of halogens is 3. The summed E-state index contributed by atoms with van der Waals surface area (Å²) in [7, 11) is 0. The summed E-state index contributed by atoms with van der Waals surface area (Å²) in [6, 6.07) is 9.18. The van der Waals surface area contributed by atoms with E-state index in [0.29, 0.717) is 10.6 Å². The van der Waals surface area contributed by atoms with Crippen LogP contribution in [-0.2, 0) is 0 Å². The molecule has 4 nitrogen and oxygen atoms in total. The van der Waals surface area contributed by atoms with Crippen molar-refractivity contribution in [1.82, 2.24) is 0 Å². The number of amides is 1. The van der Waals surface area contributed by atoms with Crippen LogP contribution in [0.2, 0.25) is 10.0 Å². The second-order valence-electron chi connectivity index (χ2n) is 4.05. The summed E-state index contributed by atoms with van der Waals surface area (Å²) in [6.07, 6.45) is 0. The van der Waals surface area contributed by atoms with Crippen LogP contribution in [0.15, 0.2) is 36.4 Å². The molecule has 0 atom stereocenters. The van der Waals surface area contributed by atoms with E-state index in [4.69, 9.17) is 28.3 Å². The van der Waals surface area contributed by atoms with Gasteiger partial charge in [-0.25, -0.2) is 4.79 Å². The zero-order chi connectivity index (χ0) is 15.6. The Morgan fingerprint density at radius 2 is 1.81 bits per heavy atom. The van der Waals surface area contributed by atoms with Crippen LogP contribution in [0.4, 0.5) is 5.69 Å². The fraction of sp³-hybridized carbons (Fsp3) is 0. The molecule has 0 aliphatic carbocycles. The summed E-state index contributed by atoms with van der Waals surface area (Å²) in [5, 5.41) is 12.2. The lowest BCUT2D eigenvalue weighted by molar-refractivity contribution is 0.0698. The van der Waals surface area contributed by atoms with Gasteiger partial charge in [0.2, 0.25) is 0 Å². The Labute approximate surface area is 144 Å². The van der Waals surface area contributed by atoms with Gasteiger partial charge in [-0.3, -0.25) is 4.79 Å². The van der Waals surface area contributed by atoms with Crippen molar-refractivity contribution in [1.29, 1.82) is 0 Å². The molecule has 0 bridgehead atoms. The van der Waals surface area contributed by atoms with E-state index >= 15 is 0 Å². The summed E-state index contributed by atoms with van der Waals surface area (Å²) in [4.78, 5) is 23.3. The number of nitrogens with one attached hydrogen (secondary N) is 1. The van der Waals surface area contributed by atoms with Gasteiger partial charge < -0.3 is 10.4 Å². The monoisotopic (exact) mass is 435 g/mol. The SMILES string of the molecule is O=C(Nc1c(Cl)cccc1C(=O)O)c1ccc(I)c(Cl)c1. The number of para-hydroxylation sites is 1. The van der Waals surface area contributed by atoms with Crippen LogP contribution < -0.4 is 5.32 Å². The quantitative estimate of drug-likeness (QED) is 0.695. The molecule has 0 aliphatic rings. The molecule has 0 unspecified atom stereocenters. The molecule has 2 rings (SSSR count). The van der Waals surface area contributed by atoms with Gasteiger partial charge in [0, 0.05) is 9.13 Å². The minimum Gasteiger partial charge on any atom is -0.478 e.